The zero-order valence-corrected chi connectivity index (χ0v) is 13.0. The Morgan fingerprint density at radius 3 is 2.65 bits per heavy atom. The molecule has 0 radical (unpaired) electrons. The monoisotopic (exact) mass is 338 g/mol. The lowest BCUT2D eigenvalue weighted by molar-refractivity contribution is 0.627. The third kappa shape index (κ3) is 3.90. The molecule has 0 aliphatic carbocycles. The minimum absolute atomic E-state index is 0.286. The highest BCUT2D eigenvalue weighted by Crippen LogP contribution is 2.26. The molecule has 0 unspecified atom stereocenters. The molecule has 0 fully saturated rings. The van der Waals surface area contributed by atoms with E-state index in [2.05, 4.69) is 43.5 Å². The number of halogens is 2. The lowest BCUT2D eigenvalue weighted by Crippen LogP contribution is -2.05. The number of hydrogen-bond acceptors (Lipinski definition) is 4. The Morgan fingerprint density at radius 1 is 1.20 bits per heavy atom. The standard InChI is InChI=1S/C14H16BrFN4/c1-3-6-17-13-8-14(19-9(2)18-13)20-12-5-4-10(16)7-11(12)15/h4-5,7-8H,3,6H2,1-2H3,(H2,17,18,19,20). The molecule has 1 aromatic carbocycles. The van der Waals surface area contributed by atoms with Gasteiger partial charge in [0.1, 0.15) is 23.3 Å². The van der Waals surface area contributed by atoms with Crippen molar-refractivity contribution in [2.75, 3.05) is 17.2 Å². The largest absolute Gasteiger partial charge is 0.370 e. The predicted octanol–water partition coefficient (Wildman–Crippen LogP) is 4.25. The second kappa shape index (κ2) is 6.65. The average Bonchev–Trinajstić information content (AvgIpc) is 2.39. The maximum Gasteiger partial charge on any atom is 0.136 e. The number of hydrogen-bond donors (Lipinski definition) is 2. The van der Waals surface area contributed by atoms with Gasteiger partial charge >= 0.3 is 0 Å². The van der Waals surface area contributed by atoms with E-state index in [1.165, 1.54) is 12.1 Å². The van der Waals surface area contributed by atoms with Crippen LogP contribution in [0.2, 0.25) is 0 Å². The highest BCUT2D eigenvalue weighted by molar-refractivity contribution is 9.10. The van der Waals surface area contributed by atoms with Crippen LogP contribution in [0.5, 0.6) is 0 Å². The second-order valence-corrected chi connectivity index (χ2v) is 5.22. The third-order valence-electron chi connectivity index (χ3n) is 2.59. The van der Waals surface area contributed by atoms with E-state index in [0.29, 0.717) is 16.1 Å². The lowest BCUT2D eigenvalue weighted by Gasteiger charge is -2.11. The molecular formula is C14H16BrFN4. The average molecular weight is 339 g/mol. The lowest BCUT2D eigenvalue weighted by atomic mass is 10.3. The minimum atomic E-state index is -0.286. The number of aromatic nitrogens is 2. The number of aryl methyl sites for hydroxylation is 1. The van der Waals surface area contributed by atoms with Crippen molar-refractivity contribution in [3.63, 3.8) is 0 Å². The van der Waals surface area contributed by atoms with Crippen LogP contribution in [0.1, 0.15) is 19.2 Å². The van der Waals surface area contributed by atoms with Crippen LogP contribution < -0.4 is 10.6 Å². The number of anilines is 3. The molecule has 2 rings (SSSR count). The molecule has 2 aromatic rings. The van der Waals surface area contributed by atoms with Crippen molar-refractivity contribution in [1.29, 1.82) is 0 Å². The van der Waals surface area contributed by atoms with Crippen molar-refractivity contribution >= 4 is 33.3 Å². The van der Waals surface area contributed by atoms with Crippen molar-refractivity contribution < 1.29 is 4.39 Å². The van der Waals surface area contributed by atoms with Gasteiger partial charge in [-0.15, -0.1) is 0 Å². The molecule has 0 spiro atoms. The van der Waals surface area contributed by atoms with E-state index in [-0.39, 0.29) is 5.82 Å². The first kappa shape index (κ1) is 14.7. The van der Waals surface area contributed by atoms with E-state index in [4.69, 9.17) is 0 Å². The first-order valence-corrected chi connectivity index (χ1v) is 7.19. The van der Waals surface area contributed by atoms with Gasteiger partial charge in [0, 0.05) is 17.1 Å². The summed E-state index contributed by atoms with van der Waals surface area (Å²) in [6.45, 7) is 4.79. The molecular weight excluding hydrogens is 323 g/mol. The Bertz CT molecular complexity index is 604. The van der Waals surface area contributed by atoms with E-state index >= 15 is 0 Å². The fourth-order valence-electron chi connectivity index (χ4n) is 1.70. The van der Waals surface area contributed by atoms with Crippen LogP contribution in [0.15, 0.2) is 28.7 Å². The van der Waals surface area contributed by atoms with Gasteiger partial charge in [-0.3, -0.25) is 0 Å². The predicted molar refractivity (Wildman–Crippen MR) is 82.9 cm³/mol. The maximum absolute atomic E-state index is 13.1. The third-order valence-corrected chi connectivity index (χ3v) is 3.24. The highest BCUT2D eigenvalue weighted by Gasteiger charge is 2.05. The van der Waals surface area contributed by atoms with Crippen LogP contribution in [0.3, 0.4) is 0 Å². The van der Waals surface area contributed by atoms with Gasteiger partial charge in [0.2, 0.25) is 0 Å². The first-order valence-electron chi connectivity index (χ1n) is 6.40. The van der Waals surface area contributed by atoms with E-state index in [1.807, 2.05) is 13.0 Å². The van der Waals surface area contributed by atoms with Crippen molar-refractivity contribution in [3.8, 4) is 0 Å². The molecule has 0 aliphatic rings. The summed E-state index contributed by atoms with van der Waals surface area (Å²) in [7, 11) is 0. The molecule has 0 amide bonds. The number of rotatable bonds is 5. The Balaban J connectivity index is 2.21. The van der Waals surface area contributed by atoms with Crippen molar-refractivity contribution in [3.05, 3.63) is 40.4 Å². The Labute approximate surface area is 126 Å². The van der Waals surface area contributed by atoms with Crippen molar-refractivity contribution in [2.45, 2.75) is 20.3 Å². The smallest absolute Gasteiger partial charge is 0.136 e. The van der Waals surface area contributed by atoms with Crippen LogP contribution in [-0.2, 0) is 0 Å². The first-order chi connectivity index (χ1) is 9.58. The molecule has 1 aromatic heterocycles. The van der Waals surface area contributed by atoms with E-state index in [1.54, 1.807) is 6.07 Å². The SMILES string of the molecule is CCCNc1cc(Nc2ccc(F)cc2Br)nc(C)n1. The number of nitrogens with one attached hydrogen (secondary N) is 2. The van der Waals surface area contributed by atoms with Gasteiger partial charge < -0.3 is 10.6 Å². The summed E-state index contributed by atoms with van der Waals surface area (Å²) in [6, 6.07) is 6.30. The molecule has 20 heavy (non-hydrogen) atoms. The maximum atomic E-state index is 13.1. The highest BCUT2D eigenvalue weighted by atomic mass is 79.9. The zero-order chi connectivity index (χ0) is 14.5. The molecule has 0 saturated carbocycles. The molecule has 2 N–H and O–H groups in total. The fourth-order valence-corrected chi connectivity index (χ4v) is 2.15. The topological polar surface area (TPSA) is 49.8 Å². The second-order valence-electron chi connectivity index (χ2n) is 4.36. The van der Waals surface area contributed by atoms with Gasteiger partial charge in [-0.05, 0) is 47.5 Å². The quantitative estimate of drug-likeness (QED) is 0.855. The molecule has 0 atom stereocenters. The number of nitrogens with zero attached hydrogens (tertiary/aromatic N) is 2. The molecule has 1 heterocycles. The molecule has 0 aliphatic heterocycles. The normalized spacial score (nSPS) is 10.4. The van der Waals surface area contributed by atoms with E-state index in [0.717, 1.165) is 24.5 Å². The summed E-state index contributed by atoms with van der Waals surface area (Å²) in [5.41, 5.74) is 0.756. The summed E-state index contributed by atoms with van der Waals surface area (Å²) in [4.78, 5) is 8.64. The van der Waals surface area contributed by atoms with Gasteiger partial charge in [0.15, 0.2) is 0 Å². The van der Waals surface area contributed by atoms with Gasteiger partial charge in [-0.2, -0.15) is 0 Å². The van der Waals surface area contributed by atoms with E-state index < -0.39 is 0 Å². The molecule has 0 saturated heterocycles. The van der Waals surface area contributed by atoms with Crippen LogP contribution in [0, 0.1) is 12.7 Å². The summed E-state index contributed by atoms with van der Waals surface area (Å²) in [5.74, 6) is 1.84. The Morgan fingerprint density at radius 2 is 1.95 bits per heavy atom. The van der Waals surface area contributed by atoms with Crippen molar-refractivity contribution in [2.24, 2.45) is 0 Å². The summed E-state index contributed by atoms with van der Waals surface area (Å²) in [5, 5.41) is 6.37. The van der Waals surface area contributed by atoms with Gasteiger partial charge in [-0.1, -0.05) is 6.92 Å². The minimum Gasteiger partial charge on any atom is -0.370 e. The van der Waals surface area contributed by atoms with Gasteiger partial charge in [-0.25, -0.2) is 14.4 Å². The molecule has 106 valence electrons. The van der Waals surface area contributed by atoms with Gasteiger partial charge in [0.25, 0.3) is 0 Å². The summed E-state index contributed by atoms with van der Waals surface area (Å²) < 4.78 is 13.7. The van der Waals surface area contributed by atoms with Gasteiger partial charge in [0.05, 0.1) is 5.69 Å². The molecule has 4 nitrogen and oxygen atoms in total. The van der Waals surface area contributed by atoms with Crippen LogP contribution >= 0.6 is 15.9 Å². The fraction of sp³-hybridized carbons (Fsp3) is 0.286. The van der Waals surface area contributed by atoms with Crippen LogP contribution in [-0.4, -0.2) is 16.5 Å². The molecule has 0 bridgehead atoms. The van der Waals surface area contributed by atoms with Crippen LogP contribution in [0.25, 0.3) is 0 Å². The Hall–Kier alpha value is -1.69. The van der Waals surface area contributed by atoms with Crippen LogP contribution in [0.4, 0.5) is 21.7 Å². The zero-order valence-electron chi connectivity index (χ0n) is 11.4. The summed E-state index contributed by atoms with van der Waals surface area (Å²) in [6.07, 6.45) is 1.02. The number of benzene rings is 1. The summed E-state index contributed by atoms with van der Waals surface area (Å²) >= 11 is 3.32. The van der Waals surface area contributed by atoms with Crippen molar-refractivity contribution in [1.82, 2.24) is 9.97 Å². The Kier molecular flexibility index (Phi) is 4.89. The van der Waals surface area contributed by atoms with E-state index in [9.17, 15) is 4.39 Å². The molecule has 6 heteroatoms.